The number of amides is 1. The number of para-hydroxylation sites is 1. The van der Waals surface area contributed by atoms with E-state index in [2.05, 4.69) is 0 Å². The molecule has 1 aliphatic rings. The number of oxazole rings is 1. The third-order valence-electron chi connectivity index (χ3n) is 6.87. The molecule has 0 saturated heterocycles. The number of rotatable bonds is 4. The molecule has 0 bridgehead atoms. The molecule has 0 radical (unpaired) electrons. The van der Waals surface area contributed by atoms with Gasteiger partial charge in [0.25, 0.3) is 5.91 Å². The molecule has 2 N–H and O–H groups in total. The summed E-state index contributed by atoms with van der Waals surface area (Å²) in [7, 11) is 1.52. The minimum atomic E-state index is -2.19. The molecular weight excluding hydrogens is 456 g/mol. The molecule has 5 aromatic rings. The summed E-state index contributed by atoms with van der Waals surface area (Å²) in [6.45, 7) is 0. The summed E-state index contributed by atoms with van der Waals surface area (Å²) in [5.41, 5.74) is 0.914. The van der Waals surface area contributed by atoms with Crippen molar-refractivity contribution in [1.82, 2.24) is 4.57 Å². The van der Waals surface area contributed by atoms with Gasteiger partial charge in [-0.3, -0.25) is 14.3 Å². The van der Waals surface area contributed by atoms with Crippen molar-refractivity contribution in [3.8, 4) is 5.75 Å². The fourth-order valence-electron chi connectivity index (χ4n) is 5.12. The predicted octanol–water partition coefficient (Wildman–Crippen LogP) is 4.21. The molecule has 0 aliphatic carbocycles. The number of nitrogens with zero attached hydrogens (tertiary/aromatic N) is 2. The highest BCUT2D eigenvalue weighted by Gasteiger charge is 2.54. The molecule has 2 heterocycles. The summed E-state index contributed by atoms with van der Waals surface area (Å²) < 4.78 is 6.44. The Bertz CT molecular complexity index is 1630. The van der Waals surface area contributed by atoms with Gasteiger partial charge in [0.05, 0.1) is 17.2 Å². The van der Waals surface area contributed by atoms with E-state index in [-0.39, 0.29) is 16.9 Å². The van der Waals surface area contributed by atoms with Crippen LogP contribution in [-0.2, 0) is 17.4 Å². The molecular formula is C29H22N2O5. The largest absolute Gasteiger partial charge is 0.507 e. The zero-order valence-electron chi connectivity index (χ0n) is 19.3. The smallest absolute Gasteiger partial charge is 0.419 e. The van der Waals surface area contributed by atoms with E-state index in [1.165, 1.54) is 23.7 Å². The average Bonchev–Trinajstić information content (AvgIpc) is 3.30. The summed E-state index contributed by atoms with van der Waals surface area (Å²) in [5, 5.41) is 23.1. The molecule has 1 atom stereocenters. The lowest BCUT2D eigenvalue weighted by atomic mass is 9.86. The lowest BCUT2D eigenvalue weighted by molar-refractivity contribution is -0.132. The number of aliphatic hydroxyl groups is 1. The number of aromatic hydroxyl groups is 1. The van der Waals surface area contributed by atoms with Crippen LogP contribution in [0.25, 0.3) is 11.1 Å². The monoisotopic (exact) mass is 478 g/mol. The number of aryl methyl sites for hydroxylation is 1. The van der Waals surface area contributed by atoms with Crippen molar-refractivity contribution in [3.63, 3.8) is 0 Å². The lowest BCUT2D eigenvalue weighted by Crippen LogP contribution is -2.43. The Labute approximate surface area is 206 Å². The molecule has 36 heavy (non-hydrogen) atoms. The van der Waals surface area contributed by atoms with Crippen LogP contribution in [-0.4, -0.2) is 20.7 Å². The Morgan fingerprint density at radius 3 is 2.03 bits per heavy atom. The van der Waals surface area contributed by atoms with E-state index in [1.807, 2.05) is 60.7 Å². The summed E-state index contributed by atoms with van der Waals surface area (Å²) in [6, 6.07) is 28.4. The molecule has 4 aromatic carbocycles. The van der Waals surface area contributed by atoms with Crippen LogP contribution in [0.5, 0.6) is 5.75 Å². The van der Waals surface area contributed by atoms with E-state index in [1.54, 1.807) is 29.2 Å². The van der Waals surface area contributed by atoms with E-state index in [0.717, 1.165) is 11.1 Å². The first-order chi connectivity index (χ1) is 17.4. The molecule has 7 nitrogen and oxygen atoms in total. The first-order valence-corrected chi connectivity index (χ1v) is 11.5. The summed E-state index contributed by atoms with van der Waals surface area (Å²) in [4.78, 5) is 28.0. The average molecular weight is 479 g/mol. The molecule has 1 aromatic heterocycles. The van der Waals surface area contributed by atoms with Crippen molar-refractivity contribution in [3.05, 3.63) is 130 Å². The number of fused-ring (bicyclic) bond motifs is 2. The van der Waals surface area contributed by atoms with Crippen LogP contribution in [0, 0.1) is 0 Å². The number of carbonyl (C=O) groups is 1. The predicted molar refractivity (Wildman–Crippen MR) is 135 cm³/mol. The Balaban J connectivity index is 1.61. The van der Waals surface area contributed by atoms with Crippen molar-refractivity contribution < 1.29 is 19.4 Å². The molecule has 0 spiro atoms. The normalized spacial score (nSPS) is 17.2. The minimum Gasteiger partial charge on any atom is -0.507 e. The van der Waals surface area contributed by atoms with Gasteiger partial charge in [0.2, 0.25) is 5.60 Å². The summed E-state index contributed by atoms with van der Waals surface area (Å²) in [6.07, 6.45) is 0. The Kier molecular flexibility index (Phi) is 4.84. The van der Waals surface area contributed by atoms with Crippen molar-refractivity contribution in [2.24, 2.45) is 7.05 Å². The van der Waals surface area contributed by atoms with Crippen LogP contribution in [0.4, 0.5) is 5.69 Å². The van der Waals surface area contributed by atoms with Crippen LogP contribution >= 0.6 is 0 Å². The van der Waals surface area contributed by atoms with Crippen LogP contribution in [0.2, 0.25) is 0 Å². The summed E-state index contributed by atoms with van der Waals surface area (Å²) in [5.74, 6) is -1.56. The number of carbonyl (C=O) groups excluding carboxylic acids is 1. The third kappa shape index (κ3) is 3.03. The van der Waals surface area contributed by atoms with Gasteiger partial charge in [-0.15, -0.1) is 0 Å². The van der Waals surface area contributed by atoms with E-state index in [9.17, 15) is 19.8 Å². The highest BCUT2D eigenvalue weighted by atomic mass is 16.4. The van der Waals surface area contributed by atoms with Gasteiger partial charge in [-0.25, -0.2) is 4.79 Å². The molecule has 0 saturated carbocycles. The van der Waals surface area contributed by atoms with Gasteiger partial charge in [0.15, 0.2) is 5.58 Å². The Morgan fingerprint density at radius 2 is 1.39 bits per heavy atom. The molecule has 1 amide bonds. The highest BCUT2D eigenvalue weighted by Crippen LogP contribution is 2.51. The number of anilines is 1. The van der Waals surface area contributed by atoms with Crippen molar-refractivity contribution in [1.29, 1.82) is 0 Å². The van der Waals surface area contributed by atoms with Crippen molar-refractivity contribution in [2.45, 2.75) is 11.6 Å². The number of hydrogen-bond acceptors (Lipinski definition) is 5. The Hall–Kier alpha value is -4.62. The van der Waals surface area contributed by atoms with Gasteiger partial charge in [-0.05, 0) is 23.3 Å². The van der Waals surface area contributed by atoms with Crippen molar-refractivity contribution in [2.75, 3.05) is 4.90 Å². The lowest BCUT2D eigenvalue weighted by Gasteiger charge is -2.31. The van der Waals surface area contributed by atoms with Crippen LogP contribution in [0.1, 0.15) is 28.3 Å². The number of phenols is 1. The number of hydrogen-bond donors (Lipinski definition) is 2. The van der Waals surface area contributed by atoms with Gasteiger partial charge in [-0.1, -0.05) is 78.9 Å². The van der Waals surface area contributed by atoms with Crippen molar-refractivity contribution >= 4 is 22.7 Å². The third-order valence-corrected chi connectivity index (χ3v) is 6.87. The number of benzene rings is 4. The summed E-state index contributed by atoms with van der Waals surface area (Å²) >= 11 is 0. The Morgan fingerprint density at radius 1 is 0.806 bits per heavy atom. The standard InChI is InChI=1S/C29H22N2O5/c1-30-23-16-21(24(32)17-25(23)36-28(30)34)29(35)20-14-8-9-15-22(20)31(27(29)33)26(18-10-4-2-5-11-18)19-12-6-3-7-13-19/h2-17,26,32,35H,1H3. The molecule has 1 aliphatic heterocycles. The maximum absolute atomic E-state index is 14.3. The van der Waals surface area contributed by atoms with Gasteiger partial charge in [0, 0.05) is 24.2 Å². The SMILES string of the molecule is Cn1c(=O)oc2cc(O)c(C3(O)C(=O)N(C(c4ccccc4)c4ccccc4)c4ccccc43)cc21. The first kappa shape index (κ1) is 21.9. The van der Waals surface area contributed by atoms with Crippen LogP contribution in [0.3, 0.4) is 0 Å². The minimum absolute atomic E-state index is 0.0220. The zero-order valence-corrected chi connectivity index (χ0v) is 19.3. The van der Waals surface area contributed by atoms with E-state index in [4.69, 9.17) is 4.42 Å². The second-order valence-electron chi connectivity index (χ2n) is 8.89. The molecule has 7 heteroatoms. The topological polar surface area (TPSA) is 95.9 Å². The van der Waals surface area contributed by atoms with Gasteiger partial charge in [0.1, 0.15) is 5.75 Å². The molecule has 1 unspecified atom stereocenters. The van der Waals surface area contributed by atoms with E-state index >= 15 is 0 Å². The van der Waals surface area contributed by atoms with E-state index in [0.29, 0.717) is 16.8 Å². The maximum atomic E-state index is 14.3. The first-order valence-electron chi connectivity index (χ1n) is 11.5. The van der Waals surface area contributed by atoms with E-state index < -0.39 is 23.3 Å². The second kappa shape index (κ2) is 7.96. The fraction of sp³-hybridized carbons (Fsp3) is 0.103. The fourth-order valence-corrected chi connectivity index (χ4v) is 5.12. The number of phenolic OH excluding ortho intramolecular Hbond substituents is 1. The molecule has 178 valence electrons. The van der Waals surface area contributed by atoms with Crippen LogP contribution in [0.15, 0.2) is 106 Å². The highest BCUT2D eigenvalue weighted by molar-refractivity contribution is 6.10. The molecule has 6 rings (SSSR count). The quantitative estimate of drug-likeness (QED) is 0.404. The second-order valence-corrected chi connectivity index (χ2v) is 8.89. The van der Waals surface area contributed by atoms with Gasteiger partial charge < -0.3 is 14.6 Å². The molecule has 0 fully saturated rings. The maximum Gasteiger partial charge on any atom is 0.419 e. The van der Waals surface area contributed by atoms with Gasteiger partial charge in [-0.2, -0.15) is 0 Å². The van der Waals surface area contributed by atoms with Crippen LogP contribution < -0.4 is 10.7 Å². The number of aromatic nitrogens is 1. The van der Waals surface area contributed by atoms with Gasteiger partial charge >= 0.3 is 5.76 Å². The zero-order chi connectivity index (χ0) is 25.0.